The first kappa shape index (κ1) is 25.4. The highest BCUT2D eigenvalue weighted by molar-refractivity contribution is 5.88. The van der Waals surface area contributed by atoms with E-state index in [9.17, 15) is 9.59 Å². The molecule has 0 aliphatic rings. The fourth-order valence-corrected chi connectivity index (χ4v) is 3.53. The number of carbonyl (C=O) groups is 2. The van der Waals surface area contributed by atoms with Crippen molar-refractivity contribution in [1.29, 1.82) is 0 Å². The molecular weight excluding hydrogens is 400 g/mol. The molecule has 0 aromatic heterocycles. The van der Waals surface area contributed by atoms with E-state index >= 15 is 0 Å². The Hall–Kier alpha value is -2.82. The quantitative estimate of drug-likeness (QED) is 0.520. The summed E-state index contributed by atoms with van der Waals surface area (Å²) in [5.74, 6) is 0.658. The zero-order chi connectivity index (χ0) is 23.7. The van der Waals surface area contributed by atoms with Crippen LogP contribution in [0.4, 0.5) is 0 Å². The highest BCUT2D eigenvalue weighted by Crippen LogP contribution is 2.18. The molecule has 32 heavy (non-hydrogen) atoms. The van der Waals surface area contributed by atoms with E-state index in [1.807, 2.05) is 90.1 Å². The summed E-state index contributed by atoms with van der Waals surface area (Å²) < 4.78 is 5.78. The van der Waals surface area contributed by atoms with Gasteiger partial charge in [-0.1, -0.05) is 48.9 Å². The zero-order valence-electron chi connectivity index (χ0n) is 20.4. The van der Waals surface area contributed by atoms with E-state index in [2.05, 4.69) is 5.32 Å². The maximum Gasteiger partial charge on any atom is 0.243 e. The molecule has 0 saturated heterocycles. The van der Waals surface area contributed by atoms with Gasteiger partial charge in [-0.3, -0.25) is 9.59 Å². The maximum absolute atomic E-state index is 13.3. The lowest BCUT2D eigenvalue weighted by Crippen LogP contribution is -2.53. The normalized spacial score (nSPS) is 12.2. The third kappa shape index (κ3) is 8.03. The maximum atomic E-state index is 13.3. The van der Waals surface area contributed by atoms with Gasteiger partial charge in [-0.05, 0) is 70.7 Å². The fraction of sp³-hybridized carbons (Fsp3) is 0.481. The minimum atomic E-state index is -0.514. The molecule has 1 N–H and O–H groups in total. The Morgan fingerprint density at radius 3 is 2.28 bits per heavy atom. The molecule has 2 rings (SSSR count). The van der Waals surface area contributed by atoms with Crippen molar-refractivity contribution >= 4 is 11.8 Å². The SMILES string of the molecule is CC[C@@H](C(=O)NC(C)(C)C)N(Cc1ccccc1C)C(=O)CCCOc1ccc(C)cc1. The number of amides is 2. The average Bonchev–Trinajstić information content (AvgIpc) is 2.72. The molecule has 2 aromatic rings. The van der Waals surface area contributed by atoms with Gasteiger partial charge in [-0.15, -0.1) is 0 Å². The standard InChI is InChI=1S/C27H38N2O3/c1-7-24(26(31)28-27(4,5)6)29(19-22-12-9-8-11-21(22)3)25(30)13-10-18-32-23-16-14-20(2)15-17-23/h8-9,11-12,14-17,24H,7,10,13,18-19H2,1-6H3,(H,28,31)/t24-/m0/s1. The van der Waals surface area contributed by atoms with Crippen molar-refractivity contribution in [3.8, 4) is 5.75 Å². The summed E-state index contributed by atoms with van der Waals surface area (Å²) in [4.78, 5) is 28.0. The van der Waals surface area contributed by atoms with E-state index in [1.165, 1.54) is 5.56 Å². The molecule has 0 saturated carbocycles. The minimum absolute atomic E-state index is 0.0309. The Bertz CT molecular complexity index is 885. The third-order valence-electron chi connectivity index (χ3n) is 5.31. The topological polar surface area (TPSA) is 58.6 Å². The second kappa shape index (κ2) is 11.7. The Balaban J connectivity index is 2.09. The number of aryl methyl sites for hydroxylation is 2. The number of ether oxygens (including phenoxy) is 1. The molecule has 0 bridgehead atoms. The van der Waals surface area contributed by atoms with Gasteiger partial charge in [0.2, 0.25) is 11.8 Å². The summed E-state index contributed by atoms with van der Waals surface area (Å²) in [6.45, 7) is 12.7. The van der Waals surface area contributed by atoms with E-state index in [0.29, 0.717) is 32.4 Å². The van der Waals surface area contributed by atoms with Crippen LogP contribution in [0.3, 0.4) is 0 Å². The van der Waals surface area contributed by atoms with Gasteiger partial charge in [0.25, 0.3) is 0 Å². The van der Waals surface area contributed by atoms with Gasteiger partial charge in [0.05, 0.1) is 6.61 Å². The predicted molar refractivity (Wildman–Crippen MR) is 130 cm³/mol. The van der Waals surface area contributed by atoms with Crippen molar-refractivity contribution in [2.75, 3.05) is 6.61 Å². The van der Waals surface area contributed by atoms with Crippen molar-refractivity contribution in [3.63, 3.8) is 0 Å². The summed E-state index contributed by atoms with van der Waals surface area (Å²) in [5, 5.41) is 3.04. The van der Waals surface area contributed by atoms with E-state index in [0.717, 1.165) is 16.9 Å². The van der Waals surface area contributed by atoms with Crippen LogP contribution in [0.1, 0.15) is 63.6 Å². The molecule has 0 unspecified atom stereocenters. The number of nitrogens with one attached hydrogen (secondary N) is 1. The van der Waals surface area contributed by atoms with E-state index in [1.54, 1.807) is 4.90 Å². The van der Waals surface area contributed by atoms with Gasteiger partial charge in [0.1, 0.15) is 11.8 Å². The number of hydrogen-bond donors (Lipinski definition) is 1. The lowest BCUT2D eigenvalue weighted by atomic mass is 10.0. The van der Waals surface area contributed by atoms with Crippen LogP contribution in [0.15, 0.2) is 48.5 Å². The van der Waals surface area contributed by atoms with Crippen LogP contribution in [-0.2, 0) is 16.1 Å². The van der Waals surface area contributed by atoms with Crippen LogP contribution in [0.2, 0.25) is 0 Å². The molecule has 0 heterocycles. The molecule has 0 aliphatic heterocycles. The van der Waals surface area contributed by atoms with Crippen molar-refractivity contribution < 1.29 is 14.3 Å². The Morgan fingerprint density at radius 2 is 1.69 bits per heavy atom. The van der Waals surface area contributed by atoms with Crippen LogP contribution >= 0.6 is 0 Å². The molecule has 0 radical (unpaired) electrons. The monoisotopic (exact) mass is 438 g/mol. The van der Waals surface area contributed by atoms with Crippen molar-refractivity contribution in [2.45, 2.75) is 78.9 Å². The molecule has 2 amide bonds. The molecule has 5 nitrogen and oxygen atoms in total. The number of nitrogens with zero attached hydrogens (tertiary/aromatic N) is 1. The summed E-state index contributed by atoms with van der Waals surface area (Å²) in [7, 11) is 0. The number of benzene rings is 2. The smallest absolute Gasteiger partial charge is 0.243 e. The van der Waals surface area contributed by atoms with Crippen LogP contribution in [0.5, 0.6) is 5.75 Å². The van der Waals surface area contributed by atoms with Crippen molar-refractivity contribution in [2.24, 2.45) is 0 Å². The second-order valence-corrected chi connectivity index (χ2v) is 9.38. The lowest BCUT2D eigenvalue weighted by molar-refractivity contribution is -0.142. The molecular formula is C27H38N2O3. The molecule has 2 aromatic carbocycles. The van der Waals surface area contributed by atoms with Gasteiger partial charge in [0.15, 0.2) is 0 Å². The number of rotatable bonds is 10. The van der Waals surface area contributed by atoms with Crippen molar-refractivity contribution in [3.05, 3.63) is 65.2 Å². The average molecular weight is 439 g/mol. The Kier molecular flexibility index (Phi) is 9.30. The Labute approximate surface area is 193 Å². The van der Waals surface area contributed by atoms with Gasteiger partial charge < -0.3 is 15.0 Å². The lowest BCUT2D eigenvalue weighted by Gasteiger charge is -2.33. The van der Waals surface area contributed by atoms with E-state index < -0.39 is 6.04 Å². The summed E-state index contributed by atoms with van der Waals surface area (Å²) in [6, 6.07) is 15.4. The molecule has 0 spiro atoms. The Morgan fingerprint density at radius 1 is 1.03 bits per heavy atom. The molecule has 5 heteroatoms. The predicted octanol–water partition coefficient (Wildman–Crippen LogP) is 5.18. The van der Waals surface area contributed by atoms with Gasteiger partial charge in [-0.2, -0.15) is 0 Å². The van der Waals surface area contributed by atoms with Gasteiger partial charge >= 0.3 is 0 Å². The van der Waals surface area contributed by atoms with Crippen LogP contribution in [-0.4, -0.2) is 34.9 Å². The summed E-state index contributed by atoms with van der Waals surface area (Å²) >= 11 is 0. The van der Waals surface area contributed by atoms with Crippen LogP contribution in [0, 0.1) is 13.8 Å². The van der Waals surface area contributed by atoms with E-state index in [4.69, 9.17) is 4.74 Å². The second-order valence-electron chi connectivity index (χ2n) is 9.38. The largest absolute Gasteiger partial charge is 0.494 e. The molecule has 0 aliphatic carbocycles. The number of carbonyl (C=O) groups excluding carboxylic acids is 2. The zero-order valence-corrected chi connectivity index (χ0v) is 20.4. The molecule has 174 valence electrons. The highest BCUT2D eigenvalue weighted by atomic mass is 16.5. The van der Waals surface area contributed by atoms with E-state index in [-0.39, 0.29) is 17.4 Å². The third-order valence-corrected chi connectivity index (χ3v) is 5.31. The van der Waals surface area contributed by atoms with Crippen LogP contribution < -0.4 is 10.1 Å². The van der Waals surface area contributed by atoms with Gasteiger partial charge in [0, 0.05) is 18.5 Å². The summed E-state index contributed by atoms with van der Waals surface area (Å²) in [5.41, 5.74) is 2.99. The summed E-state index contributed by atoms with van der Waals surface area (Å²) in [6.07, 6.45) is 1.48. The first-order chi connectivity index (χ1) is 15.1. The first-order valence-electron chi connectivity index (χ1n) is 11.5. The van der Waals surface area contributed by atoms with Crippen LogP contribution in [0.25, 0.3) is 0 Å². The molecule has 1 atom stereocenters. The van der Waals surface area contributed by atoms with Crippen molar-refractivity contribution in [1.82, 2.24) is 10.2 Å². The molecule has 0 fully saturated rings. The highest BCUT2D eigenvalue weighted by Gasteiger charge is 2.30. The van der Waals surface area contributed by atoms with Gasteiger partial charge in [-0.25, -0.2) is 0 Å². The minimum Gasteiger partial charge on any atom is -0.494 e. The number of hydrogen-bond acceptors (Lipinski definition) is 3. The fourth-order valence-electron chi connectivity index (χ4n) is 3.53. The first-order valence-corrected chi connectivity index (χ1v) is 11.5.